The smallest absolute Gasteiger partial charge is 0.349 e. The molecule has 0 aliphatic heterocycles. The molecule has 0 saturated heterocycles. The molecule has 2 aromatic carbocycles. The Morgan fingerprint density at radius 2 is 1.64 bits per heavy atom. The van der Waals surface area contributed by atoms with Gasteiger partial charge in [-0.1, -0.05) is 23.7 Å². The molecule has 0 atom stereocenters. The van der Waals surface area contributed by atoms with Gasteiger partial charge in [0.05, 0.1) is 12.1 Å². The molecule has 0 amide bonds. The fraction of sp³-hybridized carbons (Fsp3) is 0.235. The van der Waals surface area contributed by atoms with Gasteiger partial charge >= 0.3 is 5.97 Å². The van der Waals surface area contributed by atoms with Gasteiger partial charge in [0.2, 0.25) is 0 Å². The summed E-state index contributed by atoms with van der Waals surface area (Å²) in [6.45, 7) is 3.60. The van der Waals surface area contributed by atoms with Gasteiger partial charge in [-0.25, -0.2) is 4.79 Å². The zero-order valence-electron chi connectivity index (χ0n) is 12.7. The van der Waals surface area contributed by atoms with E-state index in [-0.39, 0.29) is 6.61 Å². The summed E-state index contributed by atoms with van der Waals surface area (Å²) in [5.41, 5.74) is 1.99. The van der Waals surface area contributed by atoms with Crippen molar-refractivity contribution in [3.05, 3.63) is 52.5 Å². The molecule has 0 radical (unpaired) electrons. The van der Waals surface area contributed by atoms with Crippen LogP contribution in [0.4, 0.5) is 0 Å². The van der Waals surface area contributed by atoms with Crippen molar-refractivity contribution >= 4 is 17.6 Å². The molecule has 0 unspecified atom stereocenters. The maximum atomic E-state index is 11.9. The average molecular weight is 321 g/mol. The number of hydrogen-bond acceptors (Lipinski definition) is 4. The van der Waals surface area contributed by atoms with Crippen LogP contribution >= 0.6 is 11.6 Å². The third-order valence-corrected chi connectivity index (χ3v) is 3.29. The van der Waals surface area contributed by atoms with E-state index < -0.39 is 5.97 Å². The largest absolute Gasteiger partial charge is 0.493 e. The van der Waals surface area contributed by atoms with Gasteiger partial charge in [-0.05, 0) is 49.2 Å². The van der Waals surface area contributed by atoms with E-state index in [4.69, 9.17) is 25.8 Å². The first-order chi connectivity index (χ1) is 10.5. The lowest BCUT2D eigenvalue weighted by Gasteiger charge is -2.11. The number of carbonyl (C=O) groups is 1. The molecule has 0 saturated carbocycles. The number of ether oxygens (including phenoxy) is 3. The van der Waals surface area contributed by atoms with Crippen molar-refractivity contribution in [2.24, 2.45) is 0 Å². The monoisotopic (exact) mass is 320 g/mol. The van der Waals surface area contributed by atoms with Gasteiger partial charge in [0.25, 0.3) is 0 Å². The number of hydrogen-bond donors (Lipinski definition) is 0. The Balaban J connectivity index is 2.00. The van der Waals surface area contributed by atoms with Crippen LogP contribution in [0, 0.1) is 13.8 Å². The molecule has 116 valence electrons. The van der Waals surface area contributed by atoms with Gasteiger partial charge in [-0.2, -0.15) is 0 Å². The van der Waals surface area contributed by atoms with E-state index in [0.717, 1.165) is 11.1 Å². The van der Waals surface area contributed by atoms with Crippen LogP contribution in [-0.4, -0.2) is 19.7 Å². The molecule has 0 bridgehead atoms. The zero-order chi connectivity index (χ0) is 16.1. The minimum Gasteiger partial charge on any atom is -0.493 e. The first kappa shape index (κ1) is 16.2. The van der Waals surface area contributed by atoms with E-state index in [0.29, 0.717) is 22.3 Å². The van der Waals surface area contributed by atoms with Gasteiger partial charge in [0, 0.05) is 0 Å². The molecular weight excluding hydrogens is 304 g/mol. The van der Waals surface area contributed by atoms with E-state index in [9.17, 15) is 4.79 Å². The van der Waals surface area contributed by atoms with Gasteiger partial charge in [0.15, 0.2) is 18.1 Å². The Hall–Kier alpha value is -2.20. The fourth-order valence-corrected chi connectivity index (χ4v) is 2.03. The summed E-state index contributed by atoms with van der Waals surface area (Å²) in [5, 5.41) is 0.381. The van der Waals surface area contributed by atoms with E-state index in [1.807, 2.05) is 32.0 Å². The van der Waals surface area contributed by atoms with Gasteiger partial charge in [0.1, 0.15) is 5.75 Å². The maximum Gasteiger partial charge on any atom is 0.349 e. The molecule has 0 fully saturated rings. The minimum absolute atomic E-state index is 0.232. The number of benzene rings is 2. The number of aryl methyl sites for hydroxylation is 2. The van der Waals surface area contributed by atoms with Crippen LogP contribution in [0.3, 0.4) is 0 Å². The Bertz CT molecular complexity index is 682. The summed E-state index contributed by atoms with van der Waals surface area (Å²) in [5.74, 6) is 0.850. The van der Waals surface area contributed by atoms with Crippen molar-refractivity contribution in [1.29, 1.82) is 0 Å². The Morgan fingerprint density at radius 3 is 2.32 bits per heavy atom. The SMILES string of the molecule is COc1cc(C)ccc1OCC(=O)Oc1cc(C)ccc1Cl. The van der Waals surface area contributed by atoms with Crippen molar-refractivity contribution in [2.45, 2.75) is 13.8 Å². The first-order valence-corrected chi connectivity index (χ1v) is 7.11. The van der Waals surface area contributed by atoms with Crippen LogP contribution in [0.15, 0.2) is 36.4 Å². The summed E-state index contributed by atoms with van der Waals surface area (Å²) in [6.07, 6.45) is 0. The molecule has 2 rings (SSSR count). The molecule has 4 nitrogen and oxygen atoms in total. The van der Waals surface area contributed by atoms with E-state index in [1.54, 1.807) is 25.3 Å². The second kappa shape index (κ2) is 7.18. The Labute approximate surface area is 134 Å². The summed E-state index contributed by atoms with van der Waals surface area (Å²) >= 11 is 5.98. The number of halogens is 1. The summed E-state index contributed by atoms with van der Waals surface area (Å²) in [4.78, 5) is 11.9. The number of esters is 1. The number of methoxy groups -OCH3 is 1. The van der Waals surface area contributed by atoms with E-state index in [1.165, 1.54) is 0 Å². The molecule has 5 heteroatoms. The standard InChI is InChI=1S/C17H17ClO4/c1-11-4-6-13(18)15(8-11)22-17(19)10-21-14-7-5-12(2)9-16(14)20-3/h4-9H,10H2,1-3H3. The van der Waals surface area contributed by atoms with Crippen LogP contribution in [-0.2, 0) is 4.79 Å². The molecular formula is C17H17ClO4. The molecule has 22 heavy (non-hydrogen) atoms. The van der Waals surface area contributed by atoms with Gasteiger partial charge in [-0.3, -0.25) is 0 Å². The molecule has 0 heterocycles. The van der Waals surface area contributed by atoms with Crippen molar-refractivity contribution in [2.75, 3.05) is 13.7 Å². The predicted molar refractivity (Wildman–Crippen MR) is 85.1 cm³/mol. The number of carbonyl (C=O) groups excluding carboxylic acids is 1. The Kier molecular flexibility index (Phi) is 5.28. The summed E-state index contributed by atoms with van der Waals surface area (Å²) in [7, 11) is 1.55. The van der Waals surface area contributed by atoms with Crippen LogP contribution in [0.2, 0.25) is 5.02 Å². The molecule has 0 aromatic heterocycles. The Morgan fingerprint density at radius 1 is 1.00 bits per heavy atom. The first-order valence-electron chi connectivity index (χ1n) is 6.74. The molecule has 2 aromatic rings. The fourth-order valence-electron chi connectivity index (χ4n) is 1.87. The summed E-state index contributed by atoms with van der Waals surface area (Å²) < 4.78 is 15.9. The second-order valence-electron chi connectivity index (χ2n) is 4.85. The molecule has 0 aliphatic carbocycles. The topological polar surface area (TPSA) is 44.8 Å². The average Bonchev–Trinajstić information content (AvgIpc) is 2.49. The van der Waals surface area contributed by atoms with Gasteiger partial charge < -0.3 is 14.2 Å². The molecule has 0 aliphatic rings. The normalized spacial score (nSPS) is 10.2. The van der Waals surface area contributed by atoms with Crippen LogP contribution in [0.5, 0.6) is 17.2 Å². The van der Waals surface area contributed by atoms with Crippen LogP contribution in [0.25, 0.3) is 0 Å². The lowest BCUT2D eigenvalue weighted by Crippen LogP contribution is -2.18. The lowest BCUT2D eigenvalue weighted by molar-refractivity contribution is -0.136. The summed E-state index contributed by atoms with van der Waals surface area (Å²) in [6, 6.07) is 10.7. The highest BCUT2D eigenvalue weighted by Gasteiger charge is 2.11. The third-order valence-electron chi connectivity index (χ3n) is 2.98. The highest BCUT2D eigenvalue weighted by Crippen LogP contribution is 2.28. The van der Waals surface area contributed by atoms with Crippen molar-refractivity contribution < 1.29 is 19.0 Å². The van der Waals surface area contributed by atoms with Crippen molar-refractivity contribution in [1.82, 2.24) is 0 Å². The van der Waals surface area contributed by atoms with E-state index in [2.05, 4.69) is 0 Å². The highest BCUT2D eigenvalue weighted by atomic mass is 35.5. The highest BCUT2D eigenvalue weighted by molar-refractivity contribution is 6.32. The molecule has 0 N–H and O–H groups in total. The third kappa shape index (κ3) is 4.15. The van der Waals surface area contributed by atoms with E-state index >= 15 is 0 Å². The maximum absolute atomic E-state index is 11.9. The van der Waals surface area contributed by atoms with Gasteiger partial charge in [-0.15, -0.1) is 0 Å². The minimum atomic E-state index is -0.532. The van der Waals surface area contributed by atoms with Crippen molar-refractivity contribution in [3.63, 3.8) is 0 Å². The second-order valence-corrected chi connectivity index (χ2v) is 5.26. The molecule has 0 spiro atoms. The zero-order valence-corrected chi connectivity index (χ0v) is 13.4. The quantitative estimate of drug-likeness (QED) is 0.618. The van der Waals surface area contributed by atoms with Crippen molar-refractivity contribution in [3.8, 4) is 17.2 Å². The number of rotatable bonds is 5. The van der Waals surface area contributed by atoms with Crippen LogP contribution in [0.1, 0.15) is 11.1 Å². The predicted octanol–water partition coefficient (Wildman–Crippen LogP) is 3.95. The van der Waals surface area contributed by atoms with Crippen LogP contribution < -0.4 is 14.2 Å². The lowest BCUT2D eigenvalue weighted by atomic mass is 10.2.